The van der Waals surface area contributed by atoms with Crippen LogP contribution in [0.15, 0.2) is 66.0 Å². The van der Waals surface area contributed by atoms with E-state index in [-0.39, 0.29) is 17.9 Å². The first-order valence-electron chi connectivity index (χ1n) is 11.5. The zero-order valence-electron chi connectivity index (χ0n) is 18.6. The van der Waals surface area contributed by atoms with Crippen LogP contribution in [0.1, 0.15) is 52.5 Å². The van der Waals surface area contributed by atoms with Crippen molar-refractivity contribution < 1.29 is 14.7 Å². The van der Waals surface area contributed by atoms with Gasteiger partial charge in [-0.1, -0.05) is 48.5 Å². The highest BCUT2D eigenvalue weighted by Gasteiger charge is 2.27. The smallest absolute Gasteiger partial charge is 0.345 e. The van der Waals surface area contributed by atoms with E-state index in [9.17, 15) is 14.7 Å². The quantitative estimate of drug-likeness (QED) is 0.425. The molecule has 1 atom stereocenters. The molecule has 1 aromatic heterocycles. The fourth-order valence-electron chi connectivity index (χ4n) is 4.59. The van der Waals surface area contributed by atoms with Crippen LogP contribution in [-0.4, -0.2) is 23.5 Å². The summed E-state index contributed by atoms with van der Waals surface area (Å²) in [5.74, 6) is -0.238. The average molecular weight is 463 g/mol. The van der Waals surface area contributed by atoms with Gasteiger partial charge in [0.1, 0.15) is 4.88 Å². The zero-order valence-corrected chi connectivity index (χ0v) is 19.4. The molecular weight excluding hydrogens is 432 g/mol. The normalized spacial score (nSPS) is 19.1. The monoisotopic (exact) mass is 462 g/mol. The molecule has 1 fully saturated rings. The van der Waals surface area contributed by atoms with Crippen molar-refractivity contribution in [1.29, 1.82) is 0 Å². The van der Waals surface area contributed by atoms with Crippen LogP contribution in [0.2, 0.25) is 0 Å². The molecule has 3 aromatic rings. The molecule has 1 heterocycles. The van der Waals surface area contributed by atoms with Gasteiger partial charge in [0.15, 0.2) is 0 Å². The fourth-order valence-corrected chi connectivity index (χ4v) is 5.34. The Labute approximate surface area is 198 Å². The van der Waals surface area contributed by atoms with Crippen molar-refractivity contribution in [3.63, 3.8) is 0 Å². The molecular formula is C27H30N2O3S. The van der Waals surface area contributed by atoms with Crippen molar-refractivity contribution in [1.82, 2.24) is 5.32 Å². The highest BCUT2D eigenvalue weighted by molar-refractivity contribution is 7.12. The summed E-state index contributed by atoms with van der Waals surface area (Å²) in [4.78, 5) is 24.8. The lowest BCUT2D eigenvalue weighted by Crippen LogP contribution is -2.37. The molecule has 0 radical (unpaired) electrons. The van der Waals surface area contributed by atoms with E-state index in [2.05, 4.69) is 23.5 Å². The van der Waals surface area contributed by atoms with Crippen LogP contribution in [0.3, 0.4) is 0 Å². The number of nitrogens with one attached hydrogen (secondary N) is 1. The van der Waals surface area contributed by atoms with E-state index in [1.54, 1.807) is 6.07 Å². The maximum absolute atomic E-state index is 13.2. The summed E-state index contributed by atoms with van der Waals surface area (Å²) >= 11 is 1.22. The number of thiophene rings is 1. The highest BCUT2D eigenvalue weighted by atomic mass is 32.1. The molecule has 0 saturated heterocycles. The standard InChI is InChI=1S/C27H30N2O3S/c28-16-19-9-11-20(12-10-19)26(30)29-24(13-18-5-2-1-3-6-18)22-8-4-7-21(14-22)23-15-25(27(31)32)33-17-23/h1-8,14-15,17,19-20,24H,9-13,16,28H2,(H,29,30)(H,31,32). The van der Waals surface area contributed by atoms with Crippen LogP contribution < -0.4 is 11.1 Å². The number of carboxylic acid groups (broad SMARTS) is 1. The van der Waals surface area contributed by atoms with E-state index < -0.39 is 5.97 Å². The van der Waals surface area contributed by atoms with Crippen LogP contribution in [0.25, 0.3) is 11.1 Å². The predicted octanol–water partition coefficient (Wildman–Crippen LogP) is 5.28. The van der Waals surface area contributed by atoms with Gasteiger partial charge in [-0.05, 0) is 84.3 Å². The fraction of sp³-hybridized carbons (Fsp3) is 0.333. The summed E-state index contributed by atoms with van der Waals surface area (Å²) in [6, 6.07) is 19.8. The topological polar surface area (TPSA) is 92.4 Å². The van der Waals surface area contributed by atoms with Crippen molar-refractivity contribution >= 4 is 23.2 Å². The predicted molar refractivity (Wildman–Crippen MR) is 132 cm³/mol. The van der Waals surface area contributed by atoms with Crippen LogP contribution in [0.4, 0.5) is 0 Å². The molecule has 33 heavy (non-hydrogen) atoms. The Bertz CT molecular complexity index is 1090. The lowest BCUT2D eigenvalue weighted by molar-refractivity contribution is -0.127. The average Bonchev–Trinajstić information content (AvgIpc) is 3.35. The van der Waals surface area contributed by atoms with Crippen molar-refractivity contribution in [2.75, 3.05) is 6.54 Å². The summed E-state index contributed by atoms with van der Waals surface area (Å²) in [5.41, 5.74) is 9.82. The third-order valence-electron chi connectivity index (χ3n) is 6.58. The first kappa shape index (κ1) is 23.2. The maximum Gasteiger partial charge on any atom is 0.345 e. The maximum atomic E-state index is 13.2. The second-order valence-electron chi connectivity index (χ2n) is 8.83. The summed E-state index contributed by atoms with van der Waals surface area (Å²) < 4.78 is 0. The molecule has 0 bridgehead atoms. The van der Waals surface area contributed by atoms with Crippen LogP contribution in [0, 0.1) is 11.8 Å². The van der Waals surface area contributed by atoms with E-state index in [0.29, 0.717) is 23.8 Å². The Morgan fingerprint density at radius 1 is 1.00 bits per heavy atom. The van der Waals surface area contributed by atoms with Gasteiger partial charge in [0.25, 0.3) is 0 Å². The molecule has 1 unspecified atom stereocenters. The molecule has 4 rings (SSSR count). The Kier molecular flexibility index (Phi) is 7.57. The Hall–Kier alpha value is -2.96. The minimum atomic E-state index is -0.916. The van der Waals surface area contributed by atoms with Gasteiger partial charge in [0, 0.05) is 5.92 Å². The lowest BCUT2D eigenvalue weighted by Gasteiger charge is -2.29. The van der Waals surface area contributed by atoms with E-state index in [1.165, 1.54) is 11.3 Å². The van der Waals surface area contributed by atoms with Gasteiger partial charge >= 0.3 is 5.97 Å². The van der Waals surface area contributed by atoms with Gasteiger partial charge < -0.3 is 16.2 Å². The van der Waals surface area contributed by atoms with E-state index >= 15 is 0 Å². The minimum Gasteiger partial charge on any atom is -0.477 e. The van der Waals surface area contributed by atoms with Gasteiger partial charge in [0.2, 0.25) is 5.91 Å². The van der Waals surface area contributed by atoms with Gasteiger partial charge in [-0.3, -0.25) is 4.79 Å². The van der Waals surface area contributed by atoms with Crippen LogP contribution in [0.5, 0.6) is 0 Å². The first-order valence-corrected chi connectivity index (χ1v) is 12.4. The van der Waals surface area contributed by atoms with Gasteiger partial charge in [-0.25, -0.2) is 4.79 Å². The highest BCUT2D eigenvalue weighted by Crippen LogP contribution is 2.31. The number of benzene rings is 2. The molecule has 2 aromatic carbocycles. The summed E-state index contributed by atoms with van der Waals surface area (Å²) in [6.45, 7) is 0.698. The Balaban J connectivity index is 1.56. The van der Waals surface area contributed by atoms with E-state index in [4.69, 9.17) is 5.73 Å². The third kappa shape index (κ3) is 5.89. The molecule has 0 spiro atoms. The number of carboxylic acids is 1. The van der Waals surface area contributed by atoms with Crippen LogP contribution in [-0.2, 0) is 11.2 Å². The number of carbonyl (C=O) groups is 2. The van der Waals surface area contributed by atoms with Crippen molar-refractivity contribution in [3.05, 3.63) is 82.0 Å². The molecule has 0 aliphatic heterocycles. The largest absolute Gasteiger partial charge is 0.477 e. The number of hydrogen-bond donors (Lipinski definition) is 3. The second kappa shape index (κ2) is 10.8. The van der Waals surface area contributed by atoms with Crippen molar-refractivity contribution in [2.24, 2.45) is 17.6 Å². The molecule has 4 N–H and O–H groups in total. The number of carbonyl (C=O) groups excluding carboxylic acids is 1. The zero-order chi connectivity index (χ0) is 23.2. The molecule has 1 aliphatic carbocycles. The number of nitrogens with two attached hydrogens (primary N) is 1. The number of amides is 1. The van der Waals surface area contributed by atoms with E-state index in [1.807, 2.05) is 41.8 Å². The summed E-state index contributed by atoms with van der Waals surface area (Å²) in [7, 11) is 0. The number of aromatic carboxylic acids is 1. The lowest BCUT2D eigenvalue weighted by atomic mass is 9.81. The van der Waals surface area contributed by atoms with Gasteiger partial charge in [-0.2, -0.15) is 0 Å². The molecule has 1 aliphatic rings. The molecule has 1 saturated carbocycles. The summed E-state index contributed by atoms with van der Waals surface area (Å²) in [5, 5.41) is 14.5. The van der Waals surface area contributed by atoms with Crippen molar-refractivity contribution in [3.8, 4) is 11.1 Å². The molecule has 5 nitrogen and oxygen atoms in total. The molecule has 172 valence electrons. The SMILES string of the molecule is NCC1CCC(C(=O)NC(Cc2ccccc2)c2cccc(-c3csc(C(=O)O)c3)c2)CC1. The minimum absolute atomic E-state index is 0.0317. The summed E-state index contributed by atoms with van der Waals surface area (Å²) in [6.07, 6.45) is 4.49. The number of rotatable bonds is 8. The third-order valence-corrected chi connectivity index (χ3v) is 7.50. The number of hydrogen-bond acceptors (Lipinski definition) is 4. The Morgan fingerprint density at radius 2 is 1.76 bits per heavy atom. The van der Waals surface area contributed by atoms with Crippen molar-refractivity contribution in [2.45, 2.75) is 38.1 Å². The van der Waals surface area contributed by atoms with Gasteiger partial charge in [-0.15, -0.1) is 11.3 Å². The van der Waals surface area contributed by atoms with Crippen LogP contribution >= 0.6 is 11.3 Å². The second-order valence-corrected chi connectivity index (χ2v) is 9.75. The first-order chi connectivity index (χ1) is 16.0. The molecule has 6 heteroatoms. The van der Waals surface area contributed by atoms with Gasteiger partial charge in [0.05, 0.1) is 6.04 Å². The molecule has 1 amide bonds. The van der Waals surface area contributed by atoms with E-state index in [0.717, 1.165) is 47.9 Å². The Morgan fingerprint density at radius 3 is 2.42 bits per heavy atom.